The van der Waals surface area contributed by atoms with Crippen LogP contribution in [0.15, 0.2) is 66.7 Å². The Morgan fingerprint density at radius 2 is 1.79 bits per heavy atom. The smallest absolute Gasteiger partial charge is 0.219 e. The van der Waals surface area contributed by atoms with E-state index in [1.165, 1.54) is 16.3 Å². The van der Waals surface area contributed by atoms with Gasteiger partial charge in [0.2, 0.25) is 11.6 Å². The van der Waals surface area contributed by atoms with Crippen LogP contribution in [-0.4, -0.2) is 18.2 Å². The second kappa shape index (κ2) is 6.11. The van der Waals surface area contributed by atoms with Gasteiger partial charge in [-0.1, -0.05) is 48.5 Å². The minimum Gasteiger partial charge on any atom is -0.463 e. The molecule has 1 atom stereocenters. The van der Waals surface area contributed by atoms with Gasteiger partial charge < -0.3 is 15.4 Å². The van der Waals surface area contributed by atoms with Crippen LogP contribution in [0, 0.1) is 0 Å². The van der Waals surface area contributed by atoms with Crippen molar-refractivity contribution in [2.24, 2.45) is 5.73 Å². The first-order valence-corrected chi connectivity index (χ1v) is 9.99. The Bertz CT molecular complexity index is 1160. The number of nitrogens with two attached hydrogens (primary N) is 1. The molecule has 0 aliphatic carbocycles. The van der Waals surface area contributed by atoms with Gasteiger partial charge in [-0.3, -0.25) is 4.79 Å². The van der Waals surface area contributed by atoms with Gasteiger partial charge >= 0.3 is 0 Å². The monoisotopic (exact) mass is 384 g/mol. The number of fused-ring (bicyclic) bond motifs is 4. The van der Waals surface area contributed by atoms with Crippen molar-refractivity contribution in [1.29, 1.82) is 0 Å². The maximum Gasteiger partial charge on any atom is 0.219 e. The van der Waals surface area contributed by atoms with E-state index in [2.05, 4.69) is 73.4 Å². The number of hydrogen-bond donors (Lipinski definition) is 1. The predicted molar refractivity (Wildman–Crippen MR) is 117 cm³/mol. The molecular formula is C25H24N2O2. The quantitative estimate of drug-likeness (QED) is 0.717. The lowest BCUT2D eigenvalue weighted by Gasteiger charge is -2.47. The second-order valence-corrected chi connectivity index (χ2v) is 8.34. The molecule has 0 saturated carbocycles. The highest BCUT2D eigenvalue weighted by molar-refractivity contribution is 5.94. The fourth-order valence-electron chi connectivity index (χ4n) is 4.87. The van der Waals surface area contributed by atoms with Gasteiger partial charge in [0.1, 0.15) is 5.75 Å². The molecule has 3 aromatic rings. The Morgan fingerprint density at radius 1 is 1.03 bits per heavy atom. The number of para-hydroxylation sites is 1. The Labute approximate surface area is 170 Å². The van der Waals surface area contributed by atoms with Gasteiger partial charge in [0.25, 0.3) is 0 Å². The Balaban J connectivity index is 1.68. The molecule has 1 amide bonds. The van der Waals surface area contributed by atoms with Crippen molar-refractivity contribution in [1.82, 2.24) is 0 Å². The van der Waals surface area contributed by atoms with E-state index in [0.717, 1.165) is 17.0 Å². The summed E-state index contributed by atoms with van der Waals surface area (Å²) in [6.45, 7) is 4.90. The van der Waals surface area contributed by atoms with Crippen molar-refractivity contribution in [3.8, 4) is 5.75 Å². The minimum atomic E-state index is -0.721. The van der Waals surface area contributed by atoms with Crippen molar-refractivity contribution in [2.45, 2.75) is 31.4 Å². The van der Waals surface area contributed by atoms with Crippen LogP contribution >= 0.6 is 0 Å². The summed E-state index contributed by atoms with van der Waals surface area (Å²) in [5.41, 5.74) is 7.84. The normalized spacial score (nSPS) is 21.1. The number of rotatable bonds is 3. The van der Waals surface area contributed by atoms with E-state index in [-0.39, 0.29) is 17.7 Å². The maximum absolute atomic E-state index is 11.6. The largest absolute Gasteiger partial charge is 0.463 e. The topological polar surface area (TPSA) is 55.6 Å². The van der Waals surface area contributed by atoms with Crippen LogP contribution < -0.4 is 15.4 Å². The zero-order chi connectivity index (χ0) is 20.2. The Kier molecular flexibility index (Phi) is 3.75. The number of carbonyl (C=O) groups excluding carboxylic acids is 1. The molecule has 29 heavy (non-hydrogen) atoms. The number of benzene rings is 3. The van der Waals surface area contributed by atoms with Crippen molar-refractivity contribution in [3.63, 3.8) is 0 Å². The highest BCUT2D eigenvalue weighted by Gasteiger charge is 2.58. The summed E-state index contributed by atoms with van der Waals surface area (Å²) in [6, 6.07) is 20.8. The summed E-state index contributed by atoms with van der Waals surface area (Å²) in [6.07, 6.45) is 4.60. The molecule has 5 rings (SSSR count). The molecule has 0 aromatic heterocycles. The molecule has 146 valence electrons. The number of carbonyl (C=O) groups is 1. The molecule has 2 N–H and O–H groups in total. The number of nitrogens with zero attached hydrogens (tertiary/aromatic N) is 1. The summed E-state index contributed by atoms with van der Waals surface area (Å²) in [7, 11) is 0. The predicted octanol–water partition coefficient (Wildman–Crippen LogP) is 4.61. The lowest BCUT2D eigenvalue weighted by molar-refractivity contribution is -0.117. The molecule has 1 spiro atoms. The third kappa shape index (κ3) is 2.42. The molecule has 2 heterocycles. The molecular weight excluding hydrogens is 360 g/mol. The first-order valence-electron chi connectivity index (χ1n) is 9.99. The summed E-state index contributed by atoms with van der Waals surface area (Å²) in [5.74, 6) is 0.546. The molecule has 0 bridgehead atoms. The fourth-order valence-corrected chi connectivity index (χ4v) is 4.87. The van der Waals surface area contributed by atoms with Gasteiger partial charge in [-0.15, -0.1) is 0 Å². The Hall–Kier alpha value is -3.27. The third-order valence-corrected chi connectivity index (χ3v) is 6.42. The number of hydrogen-bond acceptors (Lipinski definition) is 3. The van der Waals surface area contributed by atoms with Crippen LogP contribution in [0.25, 0.3) is 16.8 Å². The van der Waals surface area contributed by atoms with E-state index in [0.29, 0.717) is 6.54 Å². The molecule has 1 unspecified atom stereocenters. The number of primary amides is 1. The van der Waals surface area contributed by atoms with Gasteiger partial charge in [0.05, 0.1) is 5.41 Å². The van der Waals surface area contributed by atoms with E-state index in [1.807, 2.05) is 18.2 Å². The van der Waals surface area contributed by atoms with E-state index < -0.39 is 5.72 Å². The molecule has 4 heteroatoms. The van der Waals surface area contributed by atoms with Crippen molar-refractivity contribution < 1.29 is 9.53 Å². The van der Waals surface area contributed by atoms with Crippen molar-refractivity contribution in [2.75, 3.05) is 11.4 Å². The highest BCUT2D eigenvalue weighted by Crippen LogP contribution is 2.55. The third-order valence-electron chi connectivity index (χ3n) is 6.42. The van der Waals surface area contributed by atoms with Gasteiger partial charge in [-0.25, -0.2) is 0 Å². The maximum atomic E-state index is 11.6. The van der Waals surface area contributed by atoms with Crippen LogP contribution in [-0.2, 0) is 10.2 Å². The Morgan fingerprint density at radius 3 is 2.62 bits per heavy atom. The lowest BCUT2D eigenvalue weighted by atomic mass is 9.76. The van der Waals surface area contributed by atoms with Crippen molar-refractivity contribution >= 4 is 28.4 Å². The van der Waals surface area contributed by atoms with Gasteiger partial charge in [-0.05, 0) is 54.5 Å². The average molecular weight is 384 g/mol. The second-order valence-electron chi connectivity index (χ2n) is 8.34. The van der Waals surface area contributed by atoms with Crippen molar-refractivity contribution in [3.05, 3.63) is 77.9 Å². The summed E-state index contributed by atoms with van der Waals surface area (Å²) in [5, 5.41) is 2.36. The summed E-state index contributed by atoms with van der Waals surface area (Å²) >= 11 is 0. The van der Waals surface area contributed by atoms with E-state index in [1.54, 1.807) is 0 Å². The van der Waals surface area contributed by atoms with E-state index >= 15 is 0 Å². The minimum absolute atomic E-state index is 0.272. The molecule has 0 saturated heterocycles. The van der Waals surface area contributed by atoms with Crippen LogP contribution in [0.5, 0.6) is 5.75 Å². The number of ether oxygens (including phenoxy) is 1. The summed E-state index contributed by atoms with van der Waals surface area (Å²) in [4.78, 5) is 13.8. The average Bonchev–Trinajstić information content (AvgIpc) is 2.90. The van der Waals surface area contributed by atoms with Crippen LogP contribution in [0.3, 0.4) is 0 Å². The summed E-state index contributed by atoms with van der Waals surface area (Å²) < 4.78 is 6.82. The van der Waals surface area contributed by atoms with E-state index in [9.17, 15) is 4.79 Å². The first kappa shape index (κ1) is 17.8. The van der Waals surface area contributed by atoms with Gasteiger partial charge in [0.15, 0.2) is 0 Å². The number of anilines is 1. The lowest BCUT2D eigenvalue weighted by Crippen LogP contribution is -2.60. The van der Waals surface area contributed by atoms with Crippen LogP contribution in [0.4, 0.5) is 5.69 Å². The van der Waals surface area contributed by atoms with Gasteiger partial charge in [-0.2, -0.15) is 0 Å². The molecule has 0 fully saturated rings. The number of amides is 1. The highest BCUT2D eigenvalue weighted by atomic mass is 16.5. The van der Waals surface area contributed by atoms with E-state index in [4.69, 9.17) is 10.5 Å². The standard InChI is InChI=1S/C25H24N2O2/c1-24(2)20-9-5-6-10-21(20)27(16-14-23(26)28)25(24)15-13-19-18-8-4-3-7-17(18)11-12-22(19)29-25/h3-13,15H,14,16H2,1-2H3,(H2,26,28). The SMILES string of the molecule is CC1(C)c2ccccc2N(CCC(N)=O)C12C=Cc1c(ccc3ccccc13)O2. The van der Waals surface area contributed by atoms with Gasteiger partial charge in [0, 0.05) is 24.2 Å². The first-order chi connectivity index (χ1) is 13.9. The molecule has 0 radical (unpaired) electrons. The van der Waals surface area contributed by atoms with Crippen LogP contribution in [0.1, 0.15) is 31.4 Å². The van der Waals surface area contributed by atoms with Crippen LogP contribution in [0.2, 0.25) is 0 Å². The zero-order valence-electron chi connectivity index (χ0n) is 16.7. The molecule has 4 nitrogen and oxygen atoms in total. The zero-order valence-corrected chi connectivity index (χ0v) is 16.7. The molecule has 2 aliphatic rings. The molecule has 2 aliphatic heterocycles. The molecule has 3 aromatic carbocycles. The fraction of sp³-hybridized carbons (Fsp3) is 0.240.